The van der Waals surface area contributed by atoms with Gasteiger partial charge in [-0.15, -0.1) is 0 Å². The highest BCUT2D eigenvalue weighted by atomic mass is 16.5. The summed E-state index contributed by atoms with van der Waals surface area (Å²) in [6.07, 6.45) is 2.03. The topological polar surface area (TPSA) is 83.4 Å². The van der Waals surface area contributed by atoms with Gasteiger partial charge in [0.1, 0.15) is 11.6 Å². The number of rotatable bonds is 8. The Morgan fingerprint density at radius 3 is 2.30 bits per heavy atom. The normalized spacial score (nSPS) is 11.4. The minimum Gasteiger partial charge on any atom is -0.493 e. The third-order valence-corrected chi connectivity index (χ3v) is 4.65. The van der Waals surface area contributed by atoms with E-state index in [1.54, 1.807) is 14.2 Å². The molecule has 2 aromatic carbocycles. The number of hydrogen-bond donors (Lipinski definition) is 2. The van der Waals surface area contributed by atoms with Crippen molar-refractivity contribution >= 4 is 11.6 Å². The Kier molecular flexibility index (Phi) is 7.88. The molecule has 6 heteroatoms. The van der Waals surface area contributed by atoms with Gasteiger partial charge >= 0.3 is 0 Å². The molecule has 0 radical (unpaired) electrons. The van der Waals surface area contributed by atoms with E-state index in [2.05, 4.69) is 31.4 Å². The van der Waals surface area contributed by atoms with Crippen molar-refractivity contribution in [2.24, 2.45) is 0 Å². The van der Waals surface area contributed by atoms with Crippen LogP contribution in [0.2, 0.25) is 0 Å². The molecule has 0 aliphatic rings. The highest BCUT2D eigenvalue weighted by molar-refractivity contribution is 5.97. The summed E-state index contributed by atoms with van der Waals surface area (Å²) in [6, 6.07) is 15.5. The lowest BCUT2D eigenvalue weighted by Crippen LogP contribution is -2.27. The van der Waals surface area contributed by atoms with Crippen molar-refractivity contribution in [3.05, 3.63) is 65.4 Å². The van der Waals surface area contributed by atoms with Gasteiger partial charge in [0.25, 0.3) is 5.91 Å². The molecule has 2 aromatic rings. The lowest BCUT2D eigenvalue weighted by Gasteiger charge is -2.19. The molecule has 0 atom stereocenters. The van der Waals surface area contributed by atoms with Crippen LogP contribution in [0.1, 0.15) is 31.9 Å². The molecule has 0 saturated heterocycles. The van der Waals surface area contributed by atoms with Crippen LogP contribution in [0.15, 0.2) is 54.2 Å². The minimum atomic E-state index is -0.420. The SMILES string of the molecule is COc1ccc(CCNC(=O)/C(C#N)=C\Nc2ccc(C(C)(C)C)cc2)cc1OC. The number of nitrogens with zero attached hydrogens (tertiary/aromatic N) is 1. The Labute approximate surface area is 178 Å². The number of anilines is 1. The zero-order chi connectivity index (χ0) is 22.1. The molecule has 0 fully saturated rings. The molecule has 158 valence electrons. The van der Waals surface area contributed by atoms with E-state index < -0.39 is 5.91 Å². The Bertz CT molecular complexity index is 936. The van der Waals surface area contributed by atoms with Crippen molar-refractivity contribution in [2.45, 2.75) is 32.6 Å². The summed E-state index contributed by atoms with van der Waals surface area (Å²) in [5, 5.41) is 15.1. The molecule has 0 unspecified atom stereocenters. The molecule has 1 amide bonds. The molecule has 0 bridgehead atoms. The summed E-state index contributed by atoms with van der Waals surface area (Å²) in [5.74, 6) is 0.874. The fourth-order valence-corrected chi connectivity index (χ4v) is 2.82. The number of methoxy groups -OCH3 is 2. The van der Waals surface area contributed by atoms with Gasteiger partial charge in [-0.25, -0.2) is 0 Å². The minimum absolute atomic E-state index is 0.0159. The van der Waals surface area contributed by atoms with Crippen molar-refractivity contribution in [3.8, 4) is 17.6 Å². The highest BCUT2D eigenvalue weighted by Crippen LogP contribution is 2.27. The summed E-state index contributed by atoms with van der Waals surface area (Å²) in [4.78, 5) is 12.3. The van der Waals surface area contributed by atoms with Gasteiger partial charge in [-0.05, 0) is 47.2 Å². The predicted molar refractivity (Wildman–Crippen MR) is 119 cm³/mol. The van der Waals surface area contributed by atoms with E-state index in [9.17, 15) is 10.1 Å². The molecule has 30 heavy (non-hydrogen) atoms. The number of nitriles is 1. The summed E-state index contributed by atoms with van der Waals surface area (Å²) < 4.78 is 10.5. The molecule has 0 aliphatic carbocycles. The van der Waals surface area contributed by atoms with Crippen LogP contribution in [-0.4, -0.2) is 26.7 Å². The van der Waals surface area contributed by atoms with Crippen LogP contribution in [0.4, 0.5) is 5.69 Å². The number of carbonyl (C=O) groups excluding carboxylic acids is 1. The lowest BCUT2D eigenvalue weighted by molar-refractivity contribution is -0.117. The standard InChI is InChI=1S/C24H29N3O3/c1-24(2,3)19-7-9-20(10-8-19)27-16-18(15-25)23(28)26-13-12-17-6-11-21(29-4)22(14-17)30-5/h6-11,14,16,27H,12-13H2,1-5H3,(H,26,28)/b18-16-. The average Bonchev–Trinajstić information content (AvgIpc) is 2.73. The van der Waals surface area contributed by atoms with Gasteiger partial charge in [0.2, 0.25) is 0 Å². The van der Waals surface area contributed by atoms with E-state index in [1.165, 1.54) is 11.8 Å². The maximum atomic E-state index is 12.3. The largest absolute Gasteiger partial charge is 0.493 e. The van der Waals surface area contributed by atoms with Crippen LogP contribution in [0, 0.1) is 11.3 Å². The second-order valence-electron chi connectivity index (χ2n) is 7.84. The van der Waals surface area contributed by atoms with E-state index in [1.807, 2.05) is 48.5 Å². The van der Waals surface area contributed by atoms with Crippen LogP contribution in [-0.2, 0) is 16.6 Å². The molecule has 6 nitrogen and oxygen atoms in total. The monoisotopic (exact) mass is 407 g/mol. The number of hydrogen-bond acceptors (Lipinski definition) is 5. The summed E-state index contributed by atoms with van der Waals surface area (Å²) in [5.41, 5.74) is 3.11. The number of nitrogens with one attached hydrogen (secondary N) is 2. The molecule has 0 aromatic heterocycles. The Morgan fingerprint density at radius 2 is 1.73 bits per heavy atom. The number of carbonyl (C=O) groups is 1. The average molecular weight is 408 g/mol. The summed E-state index contributed by atoms with van der Waals surface area (Å²) in [7, 11) is 3.16. The van der Waals surface area contributed by atoms with Gasteiger partial charge in [0.15, 0.2) is 11.5 Å². The second kappa shape index (κ2) is 10.4. The van der Waals surface area contributed by atoms with Crippen LogP contribution >= 0.6 is 0 Å². The van der Waals surface area contributed by atoms with E-state index in [0.29, 0.717) is 24.5 Å². The summed E-state index contributed by atoms with van der Waals surface area (Å²) >= 11 is 0. The van der Waals surface area contributed by atoms with Crippen molar-refractivity contribution in [2.75, 3.05) is 26.1 Å². The number of benzene rings is 2. The van der Waals surface area contributed by atoms with E-state index in [0.717, 1.165) is 11.3 Å². The van der Waals surface area contributed by atoms with Gasteiger partial charge in [-0.2, -0.15) is 5.26 Å². The maximum Gasteiger partial charge on any atom is 0.263 e. The van der Waals surface area contributed by atoms with Gasteiger partial charge in [0, 0.05) is 18.4 Å². The predicted octanol–water partition coefficient (Wildman–Crippen LogP) is 4.18. The molecular formula is C24H29N3O3. The van der Waals surface area contributed by atoms with Crippen molar-refractivity contribution < 1.29 is 14.3 Å². The first-order valence-electron chi connectivity index (χ1n) is 9.75. The fourth-order valence-electron chi connectivity index (χ4n) is 2.82. The molecule has 0 heterocycles. The first-order chi connectivity index (χ1) is 14.3. The zero-order valence-corrected chi connectivity index (χ0v) is 18.2. The Balaban J connectivity index is 1.92. The quantitative estimate of drug-likeness (QED) is 0.507. The second-order valence-corrected chi connectivity index (χ2v) is 7.84. The van der Waals surface area contributed by atoms with Gasteiger partial charge < -0.3 is 20.1 Å². The summed E-state index contributed by atoms with van der Waals surface area (Å²) in [6.45, 7) is 6.84. The fraction of sp³-hybridized carbons (Fsp3) is 0.333. The highest BCUT2D eigenvalue weighted by Gasteiger charge is 2.13. The smallest absolute Gasteiger partial charge is 0.263 e. The Morgan fingerprint density at radius 1 is 1.07 bits per heavy atom. The van der Waals surface area contributed by atoms with Crippen molar-refractivity contribution in [1.82, 2.24) is 5.32 Å². The number of ether oxygens (including phenoxy) is 2. The molecule has 0 saturated carbocycles. The molecular weight excluding hydrogens is 378 g/mol. The first kappa shape index (κ1) is 22.8. The van der Waals surface area contributed by atoms with Crippen LogP contribution in [0.3, 0.4) is 0 Å². The van der Waals surface area contributed by atoms with Gasteiger partial charge in [0.05, 0.1) is 14.2 Å². The van der Waals surface area contributed by atoms with E-state index >= 15 is 0 Å². The third kappa shape index (κ3) is 6.28. The Hall–Kier alpha value is -3.46. The van der Waals surface area contributed by atoms with E-state index in [-0.39, 0.29) is 11.0 Å². The van der Waals surface area contributed by atoms with Gasteiger partial charge in [-0.3, -0.25) is 4.79 Å². The first-order valence-corrected chi connectivity index (χ1v) is 9.75. The van der Waals surface area contributed by atoms with Crippen LogP contribution < -0.4 is 20.1 Å². The number of amides is 1. The van der Waals surface area contributed by atoms with Crippen molar-refractivity contribution in [1.29, 1.82) is 5.26 Å². The molecule has 2 rings (SSSR count). The zero-order valence-electron chi connectivity index (χ0n) is 18.2. The molecule has 0 aliphatic heterocycles. The lowest BCUT2D eigenvalue weighted by atomic mass is 9.87. The van der Waals surface area contributed by atoms with E-state index in [4.69, 9.17) is 9.47 Å². The van der Waals surface area contributed by atoms with Crippen LogP contribution in [0.25, 0.3) is 0 Å². The van der Waals surface area contributed by atoms with Crippen LogP contribution in [0.5, 0.6) is 11.5 Å². The third-order valence-electron chi connectivity index (χ3n) is 4.65. The molecule has 0 spiro atoms. The van der Waals surface area contributed by atoms with Crippen molar-refractivity contribution in [3.63, 3.8) is 0 Å². The maximum absolute atomic E-state index is 12.3. The van der Waals surface area contributed by atoms with Gasteiger partial charge in [-0.1, -0.05) is 39.0 Å². The molecule has 2 N–H and O–H groups in total.